The lowest BCUT2D eigenvalue weighted by atomic mass is 9.85. The molecule has 2 aliphatic heterocycles. The number of ether oxygens (including phenoxy) is 1. The van der Waals surface area contributed by atoms with Crippen molar-refractivity contribution in [1.29, 1.82) is 0 Å². The molecule has 0 saturated carbocycles. The van der Waals surface area contributed by atoms with Crippen LogP contribution in [0.2, 0.25) is 0 Å². The number of rotatable bonds is 3. The second-order valence-electron chi connectivity index (χ2n) is 6.66. The topological polar surface area (TPSA) is 41.6 Å². The van der Waals surface area contributed by atoms with Gasteiger partial charge in [0.1, 0.15) is 6.61 Å². The van der Waals surface area contributed by atoms with E-state index in [1.54, 1.807) is 0 Å². The zero-order valence-corrected chi connectivity index (χ0v) is 12.4. The van der Waals surface area contributed by atoms with Crippen LogP contribution in [0.3, 0.4) is 0 Å². The van der Waals surface area contributed by atoms with Crippen molar-refractivity contribution in [2.75, 3.05) is 32.8 Å². The molecule has 1 N–H and O–H groups in total. The van der Waals surface area contributed by atoms with E-state index in [9.17, 15) is 4.79 Å². The molecule has 110 valence electrons. The summed E-state index contributed by atoms with van der Waals surface area (Å²) < 4.78 is 5.76. The number of carbonyl (C=O) groups excluding carboxylic acids is 1. The lowest BCUT2D eigenvalue weighted by Crippen LogP contribution is -2.38. The number of nitrogens with one attached hydrogen (secondary N) is 1. The summed E-state index contributed by atoms with van der Waals surface area (Å²) in [5.74, 6) is 0.177. The third-order valence-corrected chi connectivity index (χ3v) is 4.42. The van der Waals surface area contributed by atoms with Crippen LogP contribution in [-0.2, 0) is 9.53 Å². The molecule has 4 heteroatoms. The molecule has 0 aliphatic carbocycles. The van der Waals surface area contributed by atoms with Crippen molar-refractivity contribution in [2.45, 2.75) is 52.1 Å². The quantitative estimate of drug-likeness (QED) is 0.848. The van der Waals surface area contributed by atoms with Crippen LogP contribution in [0, 0.1) is 5.41 Å². The molecule has 2 rings (SSSR count). The number of carbonyl (C=O) groups is 1. The first-order valence-electron chi connectivity index (χ1n) is 7.67. The molecule has 0 unspecified atom stereocenters. The van der Waals surface area contributed by atoms with Crippen molar-refractivity contribution in [2.24, 2.45) is 5.41 Å². The van der Waals surface area contributed by atoms with Gasteiger partial charge in [-0.2, -0.15) is 0 Å². The molecule has 2 heterocycles. The smallest absolute Gasteiger partial charge is 0.248 e. The number of piperidine rings is 1. The molecule has 4 nitrogen and oxygen atoms in total. The number of hydrogen-bond acceptors (Lipinski definition) is 3. The molecule has 0 aromatic heterocycles. The van der Waals surface area contributed by atoms with Crippen LogP contribution < -0.4 is 5.32 Å². The molecule has 0 bridgehead atoms. The van der Waals surface area contributed by atoms with E-state index in [1.807, 2.05) is 4.90 Å². The van der Waals surface area contributed by atoms with Crippen molar-refractivity contribution in [3.63, 3.8) is 0 Å². The minimum absolute atomic E-state index is 0.177. The Morgan fingerprint density at radius 1 is 1.26 bits per heavy atom. The van der Waals surface area contributed by atoms with Gasteiger partial charge in [-0.3, -0.25) is 4.79 Å². The van der Waals surface area contributed by atoms with Gasteiger partial charge in [0.05, 0.1) is 6.10 Å². The minimum Gasteiger partial charge on any atom is -0.368 e. The van der Waals surface area contributed by atoms with Gasteiger partial charge in [0.15, 0.2) is 0 Å². The van der Waals surface area contributed by atoms with Gasteiger partial charge in [0.25, 0.3) is 0 Å². The van der Waals surface area contributed by atoms with Gasteiger partial charge < -0.3 is 15.0 Å². The number of amides is 1. The van der Waals surface area contributed by atoms with Crippen molar-refractivity contribution in [3.8, 4) is 0 Å². The fourth-order valence-corrected chi connectivity index (χ4v) is 2.91. The van der Waals surface area contributed by atoms with E-state index >= 15 is 0 Å². The van der Waals surface area contributed by atoms with Crippen LogP contribution in [0.15, 0.2) is 0 Å². The summed E-state index contributed by atoms with van der Waals surface area (Å²) in [5.41, 5.74) is 0.380. The molecule has 19 heavy (non-hydrogen) atoms. The maximum atomic E-state index is 12.2. The molecule has 0 atom stereocenters. The fourth-order valence-electron chi connectivity index (χ4n) is 2.91. The number of nitrogens with zero attached hydrogens (tertiary/aromatic N) is 1. The summed E-state index contributed by atoms with van der Waals surface area (Å²) in [6.07, 6.45) is 5.76. The summed E-state index contributed by atoms with van der Waals surface area (Å²) >= 11 is 0. The highest BCUT2D eigenvalue weighted by atomic mass is 16.5. The van der Waals surface area contributed by atoms with Crippen LogP contribution >= 0.6 is 0 Å². The predicted octanol–water partition coefficient (Wildman–Crippen LogP) is 1.79. The second kappa shape index (κ2) is 6.71. The van der Waals surface area contributed by atoms with E-state index in [1.165, 1.54) is 6.42 Å². The van der Waals surface area contributed by atoms with E-state index in [4.69, 9.17) is 4.74 Å². The summed E-state index contributed by atoms with van der Waals surface area (Å²) in [6.45, 7) is 8.68. The first-order valence-corrected chi connectivity index (χ1v) is 7.67. The van der Waals surface area contributed by atoms with E-state index in [-0.39, 0.29) is 18.6 Å². The van der Waals surface area contributed by atoms with Crippen LogP contribution in [0.5, 0.6) is 0 Å². The van der Waals surface area contributed by atoms with Crippen LogP contribution in [0.25, 0.3) is 0 Å². The van der Waals surface area contributed by atoms with E-state index in [0.717, 1.165) is 51.9 Å². The van der Waals surface area contributed by atoms with Crippen molar-refractivity contribution < 1.29 is 9.53 Å². The Bertz CT molecular complexity index is 299. The van der Waals surface area contributed by atoms with Gasteiger partial charge in [-0.05, 0) is 50.6 Å². The van der Waals surface area contributed by atoms with Crippen molar-refractivity contribution in [1.82, 2.24) is 10.2 Å². The first kappa shape index (κ1) is 14.8. The molecule has 2 fully saturated rings. The van der Waals surface area contributed by atoms with Crippen molar-refractivity contribution >= 4 is 5.91 Å². The Balaban J connectivity index is 1.73. The van der Waals surface area contributed by atoms with Gasteiger partial charge in [-0.15, -0.1) is 0 Å². The Morgan fingerprint density at radius 2 is 2.00 bits per heavy atom. The molecule has 0 spiro atoms. The van der Waals surface area contributed by atoms with Gasteiger partial charge >= 0.3 is 0 Å². The Hall–Kier alpha value is -0.610. The third-order valence-electron chi connectivity index (χ3n) is 4.42. The molecule has 1 amide bonds. The highest BCUT2D eigenvalue weighted by Gasteiger charge is 2.25. The Kier molecular flexibility index (Phi) is 5.22. The zero-order valence-electron chi connectivity index (χ0n) is 12.4. The van der Waals surface area contributed by atoms with Crippen LogP contribution in [0.1, 0.15) is 46.0 Å². The third kappa shape index (κ3) is 4.77. The average molecular weight is 268 g/mol. The number of likely N-dealkylation sites (tertiary alicyclic amines) is 1. The summed E-state index contributed by atoms with van der Waals surface area (Å²) in [4.78, 5) is 14.2. The monoisotopic (exact) mass is 268 g/mol. The van der Waals surface area contributed by atoms with Crippen LogP contribution in [0.4, 0.5) is 0 Å². The lowest BCUT2D eigenvalue weighted by molar-refractivity contribution is -0.138. The maximum absolute atomic E-state index is 12.2. The number of hydrogen-bond donors (Lipinski definition) is 1. The molecule has 0 aromatic carbocycles. The highest BCUT2D eigenvalue weighted by Crippen LogP contribution is 2.29. The zero-order chi connectivity index (χ0) is 13.7. The molecular weight excluding hydrogens is 240 g/mol. The van der Waals surface area contributed by atoms with Gasteiger partial charge in [0.2, 0.25) is 5.91 Å². The van der Waals surface area contributed by atoms with Gasteiger partial charge in [-0.1, -0.05) is 13.8 Å². The molecular formula is C15H28N2O2. The molecule has 2 saturated heterocycles. The molecule has 0 radical (unpaired) electrons. The fraction of sp³-hybridized carbons (Fsp3) is 0.933. The van der Waals surface area contributed by atoms with Crippen molar-refractivity contribution in [3.05, 3.63) is 0 Å². The summed E-state index contributed by atoms with van der Waals surface area (Å²) in [5, 5.41) is 3.31. The van der Waals surface area contributed by atoms with E-state index < -0.39 is 0 Å². The summed E-state index contributed by atoms with van der Waals surface area (Å²) in [6, 6.07) is 0. The molecule has 0 aromatic rings. The normalized spacial score (nSPS) is 25.1. The highest BCUT2D eigenvalue weighted by molar-refractivity contribution is 5.77. The standard InChI is InChI=1S/C15H28N2O2/c1-15(2)6-3-10-17(11-7-15)14(18)12-19-13-4-8-16-9-5-13/h13,16H,3-12H2,1-2H3. The SMILES string of the molecule is CC1(C)CCCN(C(=O)COC2CCNCC2)CC1. The molecule has 2 aliphatic rings. The summed E-state index contributed by atoms with van der Waals surface area (Å²) in [7, 11) is 0. The van der Waals surface area contributed by atoms with Crippen LogP contribution in [-0.4, -0.2) is 49.7 Å². The van der Waals surface area contributed by atoms with Gasteiger partial charge in [0, 0.05) is 13.1 Å². The predicted molar refractivity (Wildman–Crippen MR) is 76.1 cm³/mol. The maximum Gasteiger partial charge on any atom is 0.248 e. The van der Waals surface area contributed by atoms with Gasteiger partial charge in [-0.25, -0.2) is 0 Å². The Morgan fingerprint density at radius 3 is 2.74 bits per heavy atom. The van der Waals surface area contributed by atoms with E-state index in [2.05, 4.69) is 19.2 Å². The average Bonchev–Trinajstić information content (AvgIpc) is 2.58. The van der Waals surface area contributed by atoms with E-state index in [0.29, 0.717) is 5.41 Å². The minimum atomic E-state index is 0.177. The Labute approximate surface area is 116 Å². The first-order chi connectivity index (χ1) is 9.07. The largest absolute Gasteiger partial charge is 0.368 e. The second-order valence-corrected chi connectivity index (χ2v) is 6.66. The lowest BCUT2D eigenvalue weighted by Gasteiger charge is -2.26.